The molecule has 0 atom stereocenters. The Labute approximate surface area is 65.8 Å². The molecule has 0 aromatic carbocycles. The first-order chi connectivity index (χ1) is 4.59. The maximum Gasteiger partial charge on any atom is 0.203 e. The molecule has 10 heavy (non-hydrogen) atoms. The van der Waals surface area contributed by atoms with Crippen LogP contribution in [0.5, 0.6) is 0 Å². The summed E-state index contributed by atoms with van der Waals surface area (Å²) in [6.07, 6.45) is 1.77. The zero-order chi connectivity index (χ0) is 8.15. The topological polar surface area (TPSA) is 15.7 Å². The molecule has 0 N–H and O–H groups in total. The first-order valence-electron chi connectivity index (χ1n) is 3.17. The summed E-state index contributed by atoms with van der Waals surface area (Å²) >= 11 is 0. The molecule has 0 aromatic rings. The highest BCUT2D eigenvalue weighted by Crippen LogP contribution is 2.00. The van der Waals surface area contributed by atoms with Gasteiger partial charge in [0.2, 0.25) is 10.5 Å². The Morgan fingerprint density at radius 3 is 1.70 bits per heavy atom. The van der Waals surface area contributed by atoms with Crippen LogP contribution in [0.2, 0.25) is 0 Å². The molecule has 0 aliphatic carbocycles. The molecule has 0 bridgehead atoms. The van der Waals surface area contributed by atoms with Crippen molar-refractivity contribution in [1.29, 1.82) is 0 Å². The van der Waals surface area contributed by atoms with Crippen LogP contribution in [-0.4, -0.2) is 48.5 Å². The lowest BCUT2D eigenvalue weighted by atomic mass is 10.6. The van der Waals surface area contributed by atoms with Crippen molar-refractivity contribution in [3.8, 4) is 0 Å². The van der Waals surface area contributed by atoms with E-state index in [1.165, 1.54) is 0 Å². The predicted molar refractivity (Wildman–Crippen MR) is 46.5 cm³/mol. The standard InChI is InChI=1S/C6H16N2OSi/c1-7(2)6(5-9-10)8(3)4/h5H,1-4,10H3. The molecule has 0 fully saturated rings. The van der Waals surface area contributed by atoms with Gasteiger partial charge in [0.25, 0.3) is 0 Å². The van der Waals surface area contributed by atoms with Gasteiger partial charge in [0.05, 0.1) is 0 Å². The van der Waals surface area contributed by atoms with Crippen LogP contribution in [0, 0.1) is 0 Å². The van der Waals surface area contributed by atoms with Gasteiger partial charge in [-0.2, -0.15) is 0 Å². The van der Waals surface area contributed by atoms with Crippen LogP contribution in [-0.2, 0) is 4.43 Å². The van der Waals surface area contributed by atoms with Gasteiger partial charge >= 0.3 is 0 Å². The van der Waals surface area contributed by atoms with E-state index >= 15 is 0 Å². The van der Waals surface area contributed by atoms with Gasteiger partial charge in [-0.3, -0.25) is 0 Å². The van der Waals surface area contributed by atoms with Gasteiger partial charge in [-0.05, 0) is 0 Å². The Morgan fingerprint density at radius 1 is 1.20 bits per heavy atom. The molecule has 0 saturated heterocycles. The molecule has 0 amide bonds. The van der Waals surface area contributed by atoms with Crippen LogP contribution in [0.1, 0.15) is 0 Å². The summed E-state index contributed by atoms with van der Waals surface area (Å²) in [5.41, 5.74) is 0. The lowest BCUT2D eigenvalue weighted by molar-refractivity contribution is 0.319. The van der Waals surface area contributed by atoms with Crippen molar-refractivity contribution in [3.05, 3.63) is 12.1 Å². The molecule has 0 aromatic heterocycles. The molecular weight excluding hydrogens is 144 g/mol. The number of hydrogen-bond acceptors (Lipinski definition) is 3. The van der Waals surface area contributed by atoms with Crippen LogP contribution < -0.4 is 0 Å². The zero-order valence-electron chi connectivity index (χ0n) is 7.38. The average Bonchev–Trinajstić information content (AvgIpc) is 1.81. The Bertz CT molecular complexity index is 113. The highest BCUT2D eigenvalue weighted by Gasteiger charge is 1.99. The summed E-state index contributed by atoms with van der Waals surface area (Å²) in [5.74, 6) is 1.08. The van der Waals surface area contributed by atoms with Crippen molar-refractivity contribution in [3.63, 3.8) is 0 Å². The van der Waals surface area contributed by atoms with Gasteiger partial charge in [0.1, 0.15) is 12.1 Å². The molecule has 0 rings (SSSR count). The van der Waals surface area contributed by atoms with E-state index in [2.05, 4.69) is 0 Å². The third-order valence-electron chi connectivity index (χ3n) is 1.14. The van der Waals surface area contributed by atoms with E-state index in [9.17, 15) is 0 Å². The smallest absolute Gasteiger partial charge is 0.203 e. The second kappa shape index (κ2) is 4.22. The maximum atomic E-state index is 5.02. The third-order valence-corrected chi connectivity index (χ3v) is 1.38. The predicted octanol–water partition coefficient (Wildman–Crippen LogP) is -0.795. The molecule has 0 saturated carbocycles. The van der Waals surface area contributed by atoms with Crippen molar-refractivity contribution in [2.75, 3.05) is 28.2 Å². The van der Waals surface area contributed by atoms with Crippen LogP contribution in [0.4, 0.5) is 0 Å². The van der Waals surface area contributed by atoms with Gasteiger partial charge in [-0.25, -0.2) is 0 Å². The number of nitrogens with zero attached hydrogens (tertiary/aromatic N) is 2. The summed E-state index contributed by atoms with van der Waals surface area (Å²) in [6.45, 7) is 0. The lowest BCUT2D eigenvalue weighted by Crippen LogP contribution is -2.24. The van der Waals surface area contributed by atoms with Gasteiger partial charge in [-0.15, -0.1) is 0 Å². The quantitative estimate of drug-likeness (QED) is 0.397. The second-order valence-electron chi connectivity index (χ2n) is 2.50. The minimum absolute atomic E-state index is 0.749. The zero-order valence-corrected chi connectivity index (χ0v) is 9.38. The fraction of sp³-hybridized carbons (Fsp3) is 0.667. The largest absolute Gasteiger partial charge is 0.556 e. The summed E-state index contributed by atoms with van der Waals surface area (Å²) in [7, 11) is 8.72. The Morgan fingerprint density at radius 2 is 1.60 bits per heavy atom. The van der Waals surface area contributed by atoms with E-state index in [0.29, 0.717) is 0 Å². The monoisotopic (exact) mass is 160 g/mol. The van der Waals surface area contributed by atoms with Crippen molar-refractivity contribution in [2.45, 2.75) is 0 Å². The van der Waals surface area contributed by atoms with Crippen LogP contribution >= 0.6 is 0 Å². The molecule has 4 heteroatoms. The Kier molecular flexibility index (Phi) is 3.95. The van der Waals surface area contributed by atoms with Crippen molar-refractivity contribution < 1.29 is 4.43 Å². The van der Waals surface area contributed by atoms with Gasteiger partial charge in [-0.1, -0.05) is 0 Å². The first-order valence-corrected chi connectivity index (χ1v) is 3.99. The Hall–Kier alpha value is -0.643. The van der Waals surface area contributed by atoms with Gasteiger partial charge < -0.3 is 14.2 Å². The minimum atomic E-state index is 0.749. The van der Waals surface area contributed by atoms with Crippen LogP contribution in [0.15, 0.2) is 12.1 Å². The van der Waals surface area contributed by atoms with Gasteiger partial charge in [0, 0.05) is 28.2 Å². The fourth-order valence-corrected chi connectivity index (χ4v) is 0.927. The normalized spacial score (nSPS) is 8.80. The third kappa shape index (κ3) is 2.77. The lowest BCUT2D eigenvalue weighted by Gasteiger charge is -2.23. The maximum absolute atomic E-state index is 5.02. The summed E-state index contributed by atoms with van der Waals surface area (Å²) in [5, 5.41) is 0. The highest BCUT2D eigenvalue weighted by atomic mass is 28.2. The van der Waals surface area contributed by atoms with E-state index in [1.807, 2.05) is 38.0 Å². The van der Waals surface area contributed by atoms with Crippen molar-refractivity contribution in [2.24, 2.45) is 0 Å². The Balaban J connectivity index is 4.12. The minimum Gasteiger partial charge on any atom is -0.556 e. The second-order valence-corrected chi connectivity index (χ2v) is 2.97. The molecule has 0 heterocycles. The van der Waals surface area contributed by atoms with E-state index in [-0.39, 0.29) is 0 Å². The SMILES string of the molecule is CN(C)C(=CO[SiH3])N(C)C. The molecule has 0 aliphatic rings. The van der Waals surface area contributed by atoms with E-state index in [4.69, 9.17) is 4.43 Å². The van der Waals surface area contributed by atoms with Crippen molar-refractivity contribution >= 4 is 10.5 Å². The first kappa shape index (κ1) is 9.36. The highest BCUT2D eigenvalue weighted by molar-refractivity contribution is 5.98. The van der Waals surface area contributed by atoms with Crippen molar-refractivity contribution in [1.82, 2.24) is 9.80 Å². The van der Waals surface area contributed by atoms with Crippen LogP contribution in [0.3, 0.4) is 0 Å². The fourth-order valence-electron chi connectivity index (χ4n) is 0.716. The molecule has 0 aliphatic heterocycles. The molecule has 0 spiro atoms. The molecular formula is C6H16N2OSi. The summed E-state index contributed by atoms with van der Waals surface area (Å²) < 4.78 is 5.02. The van der Waals surface area contributed by atoms with Gasteiger partial charge in [0.15, 0.2) is 0 Å². The molecule has 0 unspecified atom stereocenters. The summed E-state index contributed by atoms with van der Waals surface area (Å²) in [4.78, 5) is 4.02. The van der Waals surface area contributed by atoms with E-state index < -0.39 is 0 Å². The molecule has 3 nitrogen and oxygen atoms in total. The summed E-state index contributed by atoms with van der Waals surface area (Å²) in [6, 6.07) is 0. The van der Waals surface area contributed by atoms with E-state index in [1.54, 1.807) is 6.26 Å². The number of hydrogen-bond donors (Lipinski definition) is 0. The number of rotatable bonds is 3. The van der Waals surface area contributed by atoms with Crippen LogP contribution in [0.25, 0.3) is 0 Å². The average molecular weight is 160 g/mol. The molecule has 60 valence electrons. The van der Waals surface area contributed by atoms with E-state index in [0.717, 1.165) is 16.3 Å². The molecule has 0 radical (unpaired) electrons.